The molecular weight excluding hydrogens is 444 g/mol. The second-order valence-corrected chi connectivity index (χ2v) is 8.61. The maximum absolute atomic E-state index is 12.4. The van der Waals surface area contributed by atoms with Crippen LogP contribution in [0.5, 0.6) is 11.5 Å². The number of thiophene rings is 1. The van der Waals surface area contributed by atoms with E-state index >= 15 is 0 Å². The van der Waals surface area contributed by atoms with Gasteiger partial charge in [0.1, 0.15) is 0 Å². The minimum Gasteiger partial charge on any atom is -0.490 e. The van der Waals surface area contributed by atoms with Gasteiger partial charge in [-0.2, -0.15) is 0 Å². The fourth-order valence-electron chi connectivity index (χ4n) is 3.06. The van der Waals surface area contributed by atoms with E-state index in [0.717, 1.165) is 27.8 Å². The highest BCUT2D eigenvalue weighted by molar-refractivity contribution is 7.99. The number of thioether (sulfide) groups is 1. The van der Waals surface area contributed by atoms with Gasteiger partial charge in [0.25, 0.3) is 0 Å². The van der Waals surface area contributed by atoms with Crippen molar-refractivity contribution in [2.24, 2.45) is 0 Å². The quantitative estimate of drug-likeness (QED) is 0.293. The van der Waals surface area contributed by atoms with Gasteiger partial charge in [-0.25, -0.2) is 0 Å². The van der Waals surface area contributed by atoms with Crippen LogP contribution in [0, 0.1) is 0 Å². The average molecular weight is 473 g/mol. The monoisotopic (exact) mass is 472 g/mol. The largest absolute Gasteiger partial charge is 0.490 e. The standard InChI is InChI=1S/C23H28N4O3S2/c1-4-13-27-22(20-8-7-14-31-20)25-26-23(27)32-16-21(28)24-12-11-17-9-10-18(29-5-2)19(15-17)30-6-3/h4,7-10,14-15H,1,5-6,11-13,16H2,2-3H3,(H,24,28). The van der Waals surface area contributed by atoms with E-state index in [1.807, 2.05) is 54.1 Å². The van der Waals surface area contributed by atoms with E-state index in [1.54, 1.807) is 17.4 Å². The van der Waals surface area contributed by atoms with E-state index in [2.05, 4.69) is 22.1 Å². The van der Waals surface area contributed by atoms with Gasteiger partial charge in [-0.15, -0.1) is 28.1 Å². The number of hydrogen-bond acceptors (Lipinski definition) is 7. The van der Waals surface area contributed by atoms with Crippen LogP contribution in [0.15, 0.2) is 53.5 Å². The Morgan fingerprint density at radius 2 is 2.03 bits per heavy atom. The zero-order chi connectivity index (χ0) is 22.8. The predicted molar refractivity (Wildman–Crippen MR) is 130 cm³/mol. The molecule has 1 aromatic carbocycles. The molecule has 0 aliphatic heterocycles. The van der Waals surface area contributed by atoms with Gasteiger partial charge in [-0.05, 0) is 49.4 Å². The van der Waals surface area contributed by atoms with E-state index in [4.69, 9.17) is 9.47 Å². The van der Waals surface area contributed by atoms with E-state index in [1.165, 1.54) is 11.8 Å². The molecule has 1 amide bonds. The molecule has 0 spiro atoms. The van der Waals surface area contributed by atoms with Gasteiger partial charge in [0, 0.05) is 13.1 Å². The number of hydrogen-bond donors (Lipinski definition) is 1. The summed E-state index contributed by atoms with van der Waals surface area (Å²) < 4.78 is 13.2. The Balaban J connectivity index is 1.52. The lowest BCUT2D eigenvalue weighted by Crippen LogP contribution is -2.27. The first-order valence-electron chi connectivity index (χ1n) is 10.5. The Bertz CT molecular complexity index is 1020. The molecule has 0 radical (unpaired) electrons. The summed E-state index contributed by atoms with van der Waals surface area (Å²) in [5, 5.41) is 14.3. The normalized spacial score (nSPS) is 10.7. The van der Waals surface area contributed by atoms with Gasteiger partial charge in [0.15, 0.2) is 22.5 Å². The van der Waals surface area contributed by atoms with Crippen molar-refractivity contribution in [2.45, 2.75) is 32.0 Å². The van der Waals surface area contributed by atoms with Crippen LogP contribution >= 0.6 is 23.1 Å². The maximum atomic E-state index is 12.4. The van der Waals surface area contributed by atoms with Crippen LogP contribution in [-0.4, -0.2) is 46.2 Å². The number of rotatable bonds is 13. The Hall–Kier alpha value is -2.78. The summed E-state index contributed by atoms with van der Waals surface area (Å²) in [7, 11) is 0. The van der Waals surface area contributed by atoms with Crippen LogP contribution in [0.2, 0.25) is 0 Å². The summed E-state index contributed by atoms with van der Waals surface area (Å²) in [6.45, 7) is 9.99. The van der Waals surface area contributed by atoms with Gasteiger partial charge in [-0.1, -0.05) is 30.0 Å². The zero-order valence-electron chi connectivity index (χ0n) is 18.4. The van der Waals surface area contributed by atoms with Crippen LogP contribution < -0.4 is 14.8 Å². The molecule has 0 saturated carbocycles. The first kappa shape index (κ1) is 23.9. The van der Waals surface area contributed by atoms with Crippen LogP contribution in [0.4, 0.5) is 0 Å². The van der Waals surface area contributed by atoms with Gasteiger partial charge >= 0.3 is 0 Å². The average Bonchev–Trinajstić information content (AvgIpc) is 3.45. The molecule has 1 N–H and O–H groups in total. The number of carbonyl (C=O) groups is 1. The lowest BCUT2D eigenvalue weighted by atomic mass is 10.1. The topological polar surface area (TPSA) is 78.3 Å². The summed E-state index contributed by atoms with van der Waals surface area (Å²) in [5.74, 6) is 2.49. The highest BCUT2D eigenvalue weighted by atomic mass is 32.2. The smallest absolute Gasteiger partial charge is 0.230 e. The molecule has 0 fully saturated rings. The van der Waals surface area contributed by atoms with Gasteiger partial charge in [0.2, 0.25) is 5.91 Å². The number of nitrogens with zero attached hydrogens (tertiary/aromatic N) is 3. The van der Waals surface area contributed by atoms with Crippen molar-refractivity contribution in [2.75, 3.05) is 25.5 Å². The molecule has 3 aromatic rings. The minimum atomic E-state index is -0.0446. The highest BCUT2D eigenvalue weighted by Crippen LogP contribution is 2.29. The third kappa shape index (κ3) is 6.37. The van der Waals surface area contributed by atoms with Crippen molar-refractivity contribution in [3.63, 3.8) is 0 Å². The number of allylic oxidation sites excluding steroid dienone is 1. The molecule has 9 heteroatoms. The number of nitrogens with one attached hydrogen (secondary N) is 1. The van der Waals surface area contributed by atoms with E-state index < -0.39 is 0 Å². The summed E-state index contributed by atoms with van der Waals surface area (Å²) in [6.07, 6.45) is 2.51. The summed E-state index contributed by atoms with van der Waals surface area (Å²) in [5.41, 5.74) is 1.08. The van der Waals surface area contributed by atoms with E-state index in [9.17, 15) is 4.79 Å². The molecule has 0 atom stereocenters. The van der Waals surface area contributed by atoms with Gasteiger partial charge in [0.05, 0.1) is 23.8 Å². The third-order valence-corrected chi connectivity index (χ3v) is 6.28. The zero-order valence-corrected chi connectivity index (χ0v) is 20.0. The van der Waals surface area contributed by atoms with Gasteiger partial charge < -0.3 is 14.8 Å². The van der Waals surface area contributed by atoms with Crippen molar-refractivity contribution in [3.8, 4) is 22.2 Å². The van der Waals surface area contributed by atoms with Crippen LogP contribution in [0.1, 0.15) is 19.4 Å². The molecule has 0 aliphatic rings. The van der Waals surface area contributed by atoms with E-state index in [-0.39, 0.29) is 11.7 Å². The molecule has 0 saturated heterocycles. The minimum absolute atomic E-state index is 0.0446. The number of benzene rings is 1. The first-order chi connectivity index (χ1) is 15.7. The van der Waals surface area contributed by atoms with Gasteiger partial charge in [-0.3, -0.25) is 9.36 Å². The molecule has 0 aliphatic carbocycles. The number of carbonyl (C=O) groups excluding carboxylic acids is 1. The maximum Gasteiger partial charge on any atom is 0.230 e. The molecule has 0 bridgehead atoms. The SMILES string of the molecule is C=CCn1c(SCC(=O)NCCc2ccc(OCC)c(OCC)c2)nnc1-c1cccs1. The molecule has 3 rings (SSSR count). The second kappa shape index (κ2) is 12.3. The fraction of sp³-hybridized carbons (Fsp3) is 0.348. The lowest BCUT2D eigenvalue weighted by molar-refractivity contribution is -0.118. The highest BCUT2D eigenvalue weighted by Gasteiger charge is 2.15. The molecule has 32 heavy (non-hydrogen) atoms. The fourth-order valence-corrected chi connectivity index (χ4v) is 4.55. The third-order valence-electron chi connectivity index (χ3n) is 4.45. The van der Waals surface area contributed by atoms with Crippen LogP contribution in [0.3, 0.4) is 0 Å². The van der Waals surface area contributed by atoms with E-state index in [0.29, 0.717) is 37.9 Å². The summed E-state index contributed by atoms with van der Waals surface area (Å²) in [4.78, 5) is 13.4. The van der Waals surface area contributed by atoms with Crippen LogP contribution in [-0.2, 0) is 17.8 Å². The van der Waals surface area contributed by atoms with Crippen LogP contribution in [0.25, 0.3) is 10.7 Å². The number of ether oxygens (including phenoxy) is 2. The Morgan fingerprint density at radius 3 is 2.75 bits per heavy atom. The molecule has 170 valence electrons. The van der Waals surface area contributed by atoms with Crippen molar-refractivity contribution in [3.05, 3.63) is 53.9 Å². The van der Waals surface area contributed by atoms with Crippen molar-refractivity contribution >= 4 is 29.0 Å². The van der Waals surface area contributed by atoms with Crippen molar-refractivity contribution < 1.29 is 14.3 Å². The Labute approximate surface area is 196 Å². The Morgan fingerprint density at radius 1 is 1.22 bits per heavy atom. The molecule has 2 aromatic heterocycles. The first-order valence-corrected chi connectivity index (χ1v) is 12.4. The Kier molecular flexibility index (Phi) is 9.18. The predicted octanol–water partition coefficient (Wildman–Crippen LogP) is 4.44. The molecule has 2 heterocycles. The second-order valence-electron chi connectivity index (χ2n) is 6.72. The molecule has 7 nitrogen and oxygen atoms in total. The molecule has 0 unspecified atom stereocenters. The van der Waals surface area contributed by atoms with Crippen molar-refractivity contribution in [1.29, 1.82) is 0 Å². The summed E-state index contributed by atoms with van der Waals surface area (Å²) >= 11 is 2.98. The number of aromatic nitrogens is 3. The summed E-state index contributed by atoms with van der Waals surface area (Å²) in [6, 6.07) is 9.87. The van der Waals surface area contributed by atoms with Crippen molar-refractivity contribution in [1.82, 2.24) is 20.1 Å². The lowest BCUT2D eigenvalue weighted by Gasteiger charge is -2.12. The molecular formula is C23H28N4O3S2. The number of amides is 1.